The van der Waals surface area contributed by atoms with Crippen LogP contribution in [0.15, 0.2) is 0 Å². The first-order valence-corrected chi connectivity index (χ1v) is 5.85. The van der Waals surface area contributed by atoms with Crippen LogP contribution in [0, 0.1) is 5.41 Å². The van der Waals surface area contributed by atoms with Crippen LogP contribution >= 0.6 is 0 Å². The van der Waals surface area contributed by atoms with Gasteiger partial charge in [-0.1, -0.05) is 20.8 Å². The Balaban J connectivity index is 3.02. The minimum Gasteiger partial charge on any atom is -0.480 e. The summed E-state index contributed by atoms with van der Waals surface area (Å²) in [5.74, 6) is -2.66. The molecule has 1 atom stereocenters. The highest BCUT2D eigenvalue weighted by Gasteiger charge is 2.52. The van der Waals surface area contributed by atoms with Crippen molar-refractivity contribution in [2.75, 3.05) is 6.54 Å². The number of carbonyl (C=O) groups excluding carboxylic acids is 2. The van der Waals surface area contributed by atoms with Gasteiger partial charge in [-0.25, -0.2) is 4.79 Å². The SMILES string of the molecule is CCC(C)(C)C(=O)C(=O)C1(C(=O)O)CCCN1. The van der Waals surface area contributed by atoms with E-state index < -0.39 is 28.5 Å². The molecule has 5 heteroatoms. The zero-order valence-electron chi connectivity index (χ0n) is 10.5. The summed E-state index contributed by atoms with van der Waals surface area (Å²) in [4.78, 5) is 35.4. The van der Waals surface area contributed by atoms with E-state index in [4.69, 9.17) is 0 Å². The molecule has 1 aliphatic heterocycles. The second-order valence-electron chi connectivity index (χ2n) is 5.14. The molecule has 1 rings (SSSR count). The maximum atomic E-state index is 12.1. The third-order valence-electron chi connectivity index (χ3n) is 3.61. The summed E-state index contributed by atoms with van der Waals surface area (Å²) in [6.07, 6.45) is 1.29. The molecule has 0 saturated carbocycles. The maximum absolute atomic E-state index is 12.1. The minimum absolute atomic E-state index is 0.187. The molecule has 1 fully saturated rings. The molecule has 1 unspecified atom stereocenters. The lowest BCUT2D eigenvalue weighted by molar-refractivity contribution is -0.155. The van der Waals surface area contributed by atoms with Crippen LogP contribution in [0.2, 0.25) is 0 Å². The van der Waals surface area contributed by atoms with E-state index in [0.717, 1.165) is 0 Å². The molecule has 0 spiro atoms. The summed E-state index contributed by atoms with van der Waals surface area (Å²) < 4.78 is 0. The maximum Gasteiger partial charge on any atom is 0.332 e. The third-order valence-corrected chi connectivity index (χ3v) is 3.61. The third kappa shape index (κ3) is 2.24. The van der Waals surface area contributed by atoms with Gasteiger partial charge in [0.1, 0.15) is 0 Å². The van der Waals surface area contributed by atoms with E-state index in [-0.39, 0.29) is 6.42 Å². The van der Waals surface area contributed by atoms with Gasteiger partial charge < -0.3 is 5.11 Å². The number of carboxylic acid groups (broad SMARTS) is 1. The first-order valence-electron chi connectivity index (χ1n) is 5.85. The topological polar surface area (TPSA) is 83.5 Å². The lowest BCUT2D eigenvalue weighted by Crippen LogP contribution is -2.58. The molecule has 96 valence electrons. The number of carbonyl (C=O) groups is 3. The Hall–Kier alpha value is -1.23. The molecule has 0 aromatic heterocycles. The lowest BCUT2D eigenvalue weighted by Gasteiger charge is -2.27. The molecule has 0 aliphatic carbocycles. The highest BCUT2D eigenvalue weighted by atomic mass is 16.4. The highest BCUT2D eigenvalue weighted by Crippen LogP contribution is 2.28. The van der Waals surface area contributed by atoms with Crippen LogP contribution in [0.3, 0.4) is 0 Å². The summed E-state index contributed by atoms with van der Waals surface area (Å²) in [5, 5.41) is 11.9. The van der Waals surface area contributed by atoms with E-state index in [9.17, 15) is 19.5 Å². The van der Waals surface area contributed by atoms with Gasteiger partial charge >= 0.3 is 5.97 Å². The minimum atomic E-state index is -1.69. The number of hydrogen-bond donors (Lipinski definition) is 2. The number of hydrogen-bond acceptors (Lipinski definition) is 4. The van der Waals surface area contributed by atoms with Crippen molar-refractivity contribution in [2.24, 2.45) is 5.41 Å². The number of nitrogens with one attached hydrogen (secondary N) is 1. The number of ketones is 2. The van der Waals surface area contributed by atoms with Crippen molar-refractivity contribution in [3.05, 3.63) is 0 Å². The molecular weight excluding hydrogens is 222 g/mol. The van der Waals surface area contributed by atoms with Crippen LogP contribution in [-0.4, -0.2) is 34.7 Å². The molecule has 1 heterocycles. The van der Waals surface area contributed by atoms with Gasteiger partial charge in [-0.2, -0.15) is 0 Å². The summed E-state index contributed by atoms with van der Waals surface area (Å²) >= 11 is 0. The Morgan fingerprint density at radius 3 is 2.29 bits per heavy atom. The van der Waals surface area contributed by atoms with E-state index in [0.29, 0.717) is 19.4 Å². The number of rotatable bonds is 5. The van der Waals surface area contributed by atoms with Crippen molar-refractivity contribution >= 4 is 17.5 Å². The van der Waals surface area contributed by atoms with Crippen molar-refractivity contribution < 1.29 is 19.5 Å². The van der Waals surface area contributed by atoms with Gasteiger partial charge in [0.2, 0.25) is 11.6 Å². The van der Waals surface area contributed by atoms with Crippen molar-refractivity contribution in [3.8, 4) is 0 Å². The van der Waals surface area contributed by atoms with Crippen LogP contribution < -0.4 is 5.32 Å². The molecule has 0 radical (unpaired) electrons. The zero-order valence-corrected chi connectivity index (χ0v) is 10.5. The second kappa shape index (κ2) is 4.56. The first kappa shape index (κ1) is 13.8. The van der Waals surface area contributed by atoms with Crippen LogP contribution in [0.4, 0.5) is 0 Å². The van der Waals surface area contributed by atoms with E-state index in [1.54, 1.807) is 20.8 Å². The Labute approximate surface area is 101 Å². The monoisotopic (exact) mass is 241 g/mol. The molecular formula is C12H19NO4. The molecule has 0 aromatic carbocycles. The van der Waals surface area contributed by atoms with Crippen LogP contribution in [0.25, 0.3) is 0 Å². The fourth-order valence-corrected chi connectivity index (χ4v) is 1.88. The molecule has 17 heavy (non-hydrogen) atoms. The van der Waals surface area contributed by atoms with Gasteiger partial charge in [0.05, 0.1) is 0 Å². The van der Waals surface area contributed by atoms with Gasteiger partial charge in [-0.3, -0.25) is 14.9 Å². The average Bonchev–Trinajstić information content (AvgIpc) is 2.77. The number of Topliss-reactive ketones (excluding diaryl/α,β-unsaturated/α-hetero) is 2. The fraction of sp³-hybridized carbons (Fsp3) is 0.750. The van der Waals surface area contributed by atoms with E-state index in [2.05, 4.69) is 5.32 Å². The normalized spacial score (nSPS) is 24.6. The quantitative estimate of drug-likeness (QED) is 0.548. The fourth-order valence-electron chi connectivity index (χ4n) is 1.88. The van der Waals surface area contributed by atoms with Gasteiger partial charge in [-0.15, -0.1) is 0 Å². The van der Waals surface area contributed by atoms with Crippen molar-refractivity contribution in [1.82, 2.24) is 5.32 Å². The average molecular weight is 241 g/mol. The van der Waals surface area contributed by atoms with Crippen LogP contribution in [0.1, 0.15) is 40.0 Å². The smallest absolute Gasteiger partial charge is 0.332 e. The van der Waals surface area contributed by atoms with Gasteiger partial charge in [-0.05, 0) is 25.8 Å². The van der Waals surface area contributed by atoms with Crippen molar-refractivity contribution in [2.45, 2.75) is 45.6 Å². The molecule has 1 saturated heterocycles. The van der Waals surface area contributed by atoms with Gasteiger partial charge in [0, 0.05) is 5.41 Å². The largest absolute Gasteiger partial charge is 0.480 e. The van der Waals surface area contributed by atoms with E-state index in [1.807, 2.05) is 0 Å². The zero-order chi connectivity index (χ0) is 13.3. The van der Waals surface area contributed by atoms with Gasteiger partial charge in [0.15, 0.2) is 5.54 Å². The van der Waals surface area contributed by atoms with Crippen molar-refractivity contribution in [3.63, 3.8) is 0 Å². The Morgan fingerprint density at radius 1 is 1.35 bits per heavy atom. The Morgan fingerprint density at radius 2 is 1.94 bits per heavy atom. The Kier molecular flexibility index (Phi) is 3.71. The predicted octanol–water partition coefficient (Wildman–Crippen LogP) is 0.768. The van der Waals surface area contributed by atoms with Gasteiger partial charge in [0.25, 0.3) is 0 Å². The van der Waals surface area contributed by atoms with E-state index in [1.165, 1.54) is 0 Å². The Bertz CT molecular complexity index is 354. The number of aliphatic carboxylic acids is 1. The van der Waals surface area contributed by atoms with Crippen LogP contribution in [0.5, 0.6) is 0 Å². The molecule has 5 nitrogen and oxygen atoms in total. The lowest BCUT2D eigenvalue weighted by atomic mass is 9.77. The molecule has 0 amide bonds. The standard InChI is InChI=1S/C12H19NO4/c1-4-11(2,3)8(14)9(15)12(10(16)17)6-5-7-13-12/h13H,4-7H2,1-3H3,(H,16,17). The van der Waals surface area contributed by atoms with E-state index >= 15 is 0 Å². The summed E-state index contributed by atoms with van der Waals surface area (Å²) in [5.41, 5.74) is -2.49. The highest BCUT2D eigenvalue weighted by molar-refractivity contribution is 6.46. The number of carboxylic acids is 1. The van der Waals surface area contributed by atoms with Crippen molar-refractivity contribution in [1.29, 1.82) is 0 Å². The molecule has 1 aliphatic rings. The summed E-state index contributed by atoms with van der Waals surface area (Å²) in [6.45, 7) is 5.59. The molecule has 0 aromatic rings. The summed E-state index contributed by atoms with van der Waals surface area (Å²) in [6, 6.07) is 0. The molecule has 0 bridgehead atoms. The summed E-state index contributed by atoms with van der Waals surface area (Å²) in [7, 11) is 0. The second-order valence-corrected chi connectivity index (χ2v) is 5.14. The first-order chi connectivity index (χ1) is 7.78. The molecule has 2 N–H and O–H groups in total. The predicted molar refractivity (Wildman–Crippen MR) is 61.7 cm³/mol. The van der Waals surface area contributed by atoms with Crippen LogP contribution in [-0.2, 0) is 14.4 Å².